The summed E-state index contributed by atoms with van der Waals surface area (Å²) in [5.74, 6) is 1.42. The van der Waals surface area contributed by atoms with Crippen LogP contribution in [0.25, 0.3) is 0 Å². The smallest absolute Gasteiger partial charge is 0.263 e. The zero-order valence-electron chi connectivity index (χ0n) is 13.0. The van der Waals surface area contributed by atoms with Gasteiger partial charge in [-0.05, 0) is 44.9 Å². The van der Waals surface area contributed by atoms with E-state index in [4.69, 9.17) is 9.47 Å². The molecule has 0 bridgehead atoms. The van der Waals surface area contributed by atoms with Gasteiger partial charge in [0, 0.05) is 5.69 Å². The van der Waals surface area contributed by atoms with E-state index in [1.807, 2.05) is 39.8 Å². The maximum Gasteiger partial charge on any atom is 0.263 e. The van der Waals surface area contributed by atoms with E-state index in [2.05, 4.69) is 4.98 Å². The summed E-state index contributed by atoms with van der Waals surface area (Å²) in [5, 5.41) is 0. The molecule has 0 saturated carbocycles. The SMILES string of the molecule is COc1c(C=O)cc(C)nc1Oc1c(C)cc(C)cc1C. The van der Waals surface area contributed by atoms with E-state index in [1.165, 1.54) is 12.7 Å². The maximum atomic E-state index is 11.2. The minimum Gasteiger partial charge on any atom is -0.491 e. The first kappa shape index (κ1) is 15.0. The van der Waals surface area contributed by atoms with Crippen molar-refractivity contribution in [2.75, 3.05) is 7.11 Å². The molecule has 0 N–H and O–H groups in total. The molecule has 2 aromatic rings. The van der Waals surface area contributed by atoms with Gasteiger partial charge in [0.2, 0.25) is 0 Å². The molecule has 0 atom stereocenters. The molecule has 1 aromatic carbocycles. The molecule has 0 radical (unpaired) electrons. The van der Waals surface area contributed by atoms with E-state index in [0.29, 0.717) is 22.9 Å². The zero-order chi connectivity index (χ0) is 15.6. The molecular weight excluding hydrogens is 266 g/mol. The van der Waals surface area contributed by atoms with E-state index in [-0.39, 0.29) is 0 Å². The van der Waals surface area contributed by atoms with Gasteiger partial charge in [0.1, 0.15) is 5.75 Å². The second kappa shape index (κ2) is 5.95. The Hall–Kier alpha value is -2.36. The van der Waals surface area contributed by atoms with Crippen molar-refractivity contribution in [3.8, 4) is 17.4 Å². The van der Waals surface area contributed by atoms with E-state index in [0.717, 1.165) is 23.2 Å². The molecule has 2 rings (SSSR count). The molecular formula is C17H19NO3. The molecule has 0 saturated heterocycles. The highest BCUT2D eigenvalue weighted by Crippen LogP contribution is 2.35. The molecule has 0 spiro atoms. The van der Waals surface area contributed by atoms with Gasteiger partial charge < -0.3 is 9.47 Å². The number of aldehydes is 1. The Morgan fingerprint density at radius 2 is 1.62 bits per heavy atom. The van der Waals surface area contributed by atoms with Crippen molar-refractivity contribution in [2.24, 2.45) is 0 Å². The number of benzene rings is 1. The van der Waals surface area contributed by atoms with Gasteiger partial charge in [-0.15, -0.1) is 0 Å². The Bertz CT molecular complexity index is 670. The van der Waals surface area contributed by atoms with Gasteiger partial charge in [-0.1, -0.05) is 17.7 Å². The van der Waals surface area contributed by atoms with Crippen molar-refractivity contribution in [1.29, 1.82) is 0 Å². The number of methoxy groups -OCH3 is 1. The molecule has 21 heavy (non-hydrogen) atoms. The fourth-order valence-corrected chi connectivity index (χ4v) is 2.44. The number of carbonyl (C=O) groups excluding carboxylic acids is 1. The van der Waals surface area contributed by atoms with Crippen molar-refractivity contribution in [1.82, 2.24) is 4.98 Å². The molecule has 0 unspecified atom stereocenters. The van der Waals surface area contributed by atoms with Crippen molar-refractivity contribution in [3.05, 3.63) is 46.1 Å². The monoisotopic (exact) mass is 285 g/mol. The molecule has 0 aliphatic carbocycles. The average Bonchev–Trinajstić information content (AvgIpc) is 2.42. The predicted molar refractivity (Wildman–Crippen MR) is 81.6 cm³/mol. The van der Waals surface area contributed by atoms with Crippen LogP contribution in [0.4, 0.5) is 0 Å². The fraction of sp³-hybridized carbons (Fsp3) is 0.294. The Morgan fingerprint density at radius 1 is 1.00 bits per heavy atom. The third kappa shape index (κ3) is 3.05. The molecule has 0 aliphatic rings. The Labute approximate surface area is 124 Å². The van der Waals surface area contributed by atoms with Crippen LogP contribution in [0.15, 0.2) is 18.2 Å². The number of hydrogen-bond donors (Lipinski definition) is 0. The van der Waals surface area contributed by atoms with Crippen LogP contribution in [0.1, 0.15) is 32.7 Å². The minimum atomic E-state index is 0.314. The van der Waals surface area contributed by atoms with Crippen LogP contribution in [0.3, 0.4) is 0 Å². The van der Waals surface area contributed by atoms with Gasteiger partial charge in [0.25, 0.3) is 5.88 Å². The first-order valence-electron chi connectivity index (χ1n) is 6.72. The van der Waals surface area contributed by atoms with Crippen LogP contribution < -0.4 is 9.47 Å². The van der Waals surface area contributed by atoms with Gasteiger partial charge in [-0.25, -0.2) is 4.98 Å². The number of hydrogen-bond acceptors (Lipinski definition) is 4. The van der Waals surface area contributed by atoms with Crippen LogP contribution in [0, 0.1) is 27.7 Å². The third-order valence-electron chi connectivity index (χ3n) is 3.23. The molecule has 1 heterocycles. The Morgan fingerprint density at radius 3 is 2.14 bits per heavy atom. The maximum absolute atomic E-state index is 11.2. The van der Waals surface area contributed by atoms with Crippen molar-refractivity contribution < 1.29 is 14.3 Å². The minimum absolute atomic E-state index is 0.314. The van der Waals surface area contributed by atoms with Crippen molar-refractivity contribution in [2.45, 2.75) is 27.7 Å². The van der Waals surface area contributed by atoms with E-state index >= 15 is 0 Å². The predicted octanol–water partition coefficient (Wildman–Crippen LogP) is 3.93. The first-order valence-corrected chi connectivity index (χ1v) is 6.72. The van der Waals surface area contributed by atoms with Gasteiger partial charge >= 0.3 is 0 Å². The summed E-state index contributed by atoms with van der Waals surface area (Å²) < 4.78 is 11.2. The van der Waals surface area contributed by atoms with Gasteiger partial charge in [-0.3, -0.25) is 4.79 Å². The lowest BCUT2D eigenvalue weighted by molar-refractivity contribution is 0.111. The van der Waals surface area contributed by atoms with E-state index in [9.17, 15) is 4.79 Å². The number of pyridine rings is 1. The Balaban J connectivity index is 2.54. The molecule has 0 aliphatic heterocycles. The molecule has 110 valence electrons. The van der Waals surface area contributed by atoms with E-state index in [1.54, 1.807) is 6.07 Å². The van der Waals surface area contributed by atoms with E-state index < -0.39 is 0 Å². The number of rotatable bonds is 4. The van der Waals surface area contributed by atoms with Crippen molar-refractivity contribution in [3.63, 3.8) is 0 Å². The second-order valence-electron chi connectivity index (χ2n) is 5.14. The van der Waals surface area contributed by atoms with Crippen molar-refractivity contribution >= 4 is 6.29 Å². The summed E-state index contributed by atoms with van der Waals surface area (Å²) in [6.45, 7) is 7.82. The number of nitrogens with zero attached hydrogens (tertiary/aromatic N) is 1. The first-order chi connectivity index (χ1) is 9.96. The lowest BCUT2D eigenvalue weighted by Crippen LogP contribution is -2.01. The zero-order valence-corrected chi connectivity index (χ0v) is 13.0. The lowest BCUT2D eigenvalue weighted by Gasteiger charge is -2.15. The Kier molecular flexibility index (Phi) is 4.26. The van der Waals surface area contributed by atoms with Gasteiger partial charge in [0.05, 0.1) is 12.7 Å². The molecule has 0 amide bonds. The number of aryl methyl sites for hydroxylation is 4. The molecule has 4 nitrogen and oxygen atoms in total. The average molecular weight is 285 g/mol. The summed E-state index contributed by atoms with van der Waals surface area (Å²) in [4.78, 5) is 15.5. The van der Waals surface area contributed by atoms with Crippen LogP contribution in [0.2, 0.25) is 0 Å². The number of carbonyl (C=O) groups is 1. The summed E-state index contributed by atoms with van der Waals surface area (Å²) in [5.41, 5.74) is 4.35. The van der Waals surface area contributed by atoms with Crippen LogP contribution in [-0.2, 0) is 0 Å². The van der Waals surface area contributed by atoms with Gasteiger partial charge in [-0.2, -0.15) is 0 Å². The lowest BCUT2D eigenvalue weighted by atomic mass is 10.1. The molecule has 1 aromatic heterocycles. The number of aromatic nitrogens is 1. The standard InChI is InChI=1S/C17H19NO3/c1-10-6-11(2)15(12(3)7-10)21-17-16(20-5)14(9-19)8-13(4)18-17/h6-9H,1-5H3. The van der Waals surface area contributed by atoms with Crippen LogP contribution in [-0.4, -0.2) is 18.4 Å². The highest BCUT2D eigenvalue weighted by Gasteiger charge is 2.16. The second-order valence-corrected chi connectivity index (χ2v) is 5.14. The highest BCUT2D eigenvalue weighted by molar-refractivity contribution is 5.81. The number of ether oxygens (including phenoxy) is 2. The molecule has 0 fully saturated rings. The quantitative estimate of drug-likeness (QED) is 0.799. The largest absolute Gasteiger partial charge is 0.491 e. The third-order valence-corrected chi connectivity index (χ3v) is 3.23. The fourth-order valence-electron chi connectivity index (χ4n) is 2.44. The molecule has 4 heteroatoms. The summed E-state index contributed by atoms with van der Waals surface area (Å²) in [7, 11) is 1.50. The summed E-state index contributed by atoms with van der Waals surface area (Å²) in [6, 6.07) is 5.77. The van der Waals surface area contributed by atoms with Crippen LogP contribution in [0.5, 0.6) is 17.4 Å². The van der Waals surface area contributed by atoms with Gasteiger partial charge in [0.15, 0.2) is 12.0 Å². The topological polar surface area (TPSA) is 48.4 Å². The summed E-state index contributed by atoms with van der Waals surface area (Å²) >= 11 is 0. The summed E-state index contributed by atoms with van der Waals surface area (Å²) in [6.07, 6.45) is 0.745. The van der Waals surface area contributed by atoms with Crippen LogP contribution >= 0.6 is 0 Å². The highest BCUT2D eigenvalue weighted by atomic mass is 16.5. The normalized spacial score (nSPS) is 10.3.